The lowest BCUT2D eigenvalue weighted by Crippen LogP contribution is -2.36. The minimum absolute atomic E-state index is 0.0115. The molecule has 22 heavy (non-hydrogen) atoms. The molecular formula is C15H25N5O2. The van der Waals surface area contributed by atoms with E-state index >= 15 is 0 Å². The molecule has 0 radical (unpaired) electrons. The van der Waals surface area contributed by atoms with Gasteiger partial charge in [-0.15, -0.1) is 0 Å². The highest BCUT2D eigenvalue weighted by atomic mass is 16.2. The molecule has 7 nitrogen and oxygen atoms in total. The third kappa shape index (κ3) is 4.29. The van der Waals surface area contributed by atoms with Gasteiger partial charge in [-0.3, -0.25) is 9.59 Å². The van der Waals surface area contributed by atoms with E-state index in [0.29, 0.717) is 25.8 Å². The standard InChI is InChI=1S/C15H25N5O2/c1-3-20-15(16-11-17-20)12(2)18-13(21)7-6-10-19-9-5-4-8-14(19)22/h11-12H,3-10H2,1-2H3,(H,18,21)/t12-/m1/s1. The Morgan fingerprint density at radius 2 is 2.27 bits per heavy atom. The number of nitrogens with one attached hydrogen (secondary N) is 1. The van der Waals surface area contributed by atoms with Gasteiger partial charge in [-0.25, -0.2) is 9.67 Å². The van der Waals surface area contributed by atoms with Crippen LogP contribution in [0.3, 0.4) is 0 Å². The maximum absolute atomic E-state index is 12.0. The number of amides is 2. The van der Waals surface area contributed by atoms with Crippen LogP contribution in [0.15, 0.2) is 6.33 Å². The monoisotopic (exact) mass is 307 g/mol. The molecule has 1 aromatic rings. The number of nitrogens with zero attached hydrogens (tertiary/aromatic N) is 4. The highest BCUT2D eigenvalue weighted by molar-refractivity contribution is 5.77. The third-order valence-electron chi connectivity index (χ3n) is 3.96. The van der Waals surface area contributed by atoms with E-state index in [1.54, 1.807) is 4.68 Å². The van der Waals surface area contributed by atoms with E-state index in [1.165, 1.54) is 6.33 Å². The summed E-state index contributed by atoms with van der Waals surface area (Å²) in [5, 5.41) is 7.05. The third-order valence-corrected chi connectivity index (χ3v) is 3.96. The molecule has 1 aliphatic rings. The van der Waals surface area contributed by atoms with Crippen molar-refractivity contribution in [3.05, 3.63) is 12.2 Å². The van der Waals surface area contributed by atoms with E-state index in [-0.39, 0.29) is 17.9 Å². The fraction of sp³-hybridized carbons (Fsp3) is 0.733. The lowest BCUT2D eigenvalue weighted by Gasteiger charge is -2.26. The normalized spacial score (nSPS) is 16.6. The number of hydrogen-bond donors (Lipinski definition) is 1. The first-order valence-electron chi connectivity index (χ1n) is 8.06. The zero-order valence-corrected chi connectivity index (χ0v) is 13.4. The first-order valence-corrected chi connectivity index (χ1v) is 8.06. The number of carbonyl (C=O) groups excluding carboxylic acids is 2. The summed E-state index contributed by atoms with van der Waals surface area (Å²) in [5.74, 6) is 0.973. The van der Waals surface area contributed by atoms with E-state index in [0.717, 1.165) is 31.8 Å². The smallest absolute Gasteiger partial charge is 0.222 e. The lowest BCUT2D eigenvalue weighted by atomic mass is 10.1. The van der Waals surface area contributed by atoms with Gasteiger partial charge in [0.2, 0.25) is 11.8 Å². The van der Waals surface area contributed by atoms with Crippen molar-refractivity contribution in [2.45, 2.75) is 58.5 Å². The van der Waals surface area contributed by atoms with Crippen LogP contribution in [-0.4, -0.2) is 44.6 Å². The summed E-state index contributed by atoms with van der Waals surface area (Å²) in [7, 11) is 0. The van der Waals surface area contributed by atoms with E-state index in [4.69, 9.17) is 0 Å². The second kappa shape index (κ2) is 7.91. The molecule has 0 spiro atoms. The lowest BCUT2D eigenvalue weighted by molar-refractivity contribution is -0.133. The fourth-order valence-electron chi connectivity index (χ4n) is 2.76. The summed E-state index contributed by atoms with van der Waals surface area (Å²) in [6.07, 6.45) is 5.34. The molecule has 1 fully saturated rings. The number of piperidine rings is 1. The second-order valence-corrected chi connectivity index (χ2v) is 5.66. The minimum Gasteiger partial charge on any atom is -0.346 e. The van der Waals surface area contributed by atoms with Gasteiger partial charge >= 0.3 is 0 Å². The van der Waals surface area contributed by atoms with Gasteiger partial charge < -0.3 is 10.2 Å². The van der Waals surface area contributed by atoms with E-state index in [9.17, 15) is 9.59 Å². The van der Waals surface area contributed by atoms with E-state index in [1.807, 2.05) is 18.7 Å². The largest absolute Gasteiger partial charge is 0.346 e. The first kappa shape index (κ1) is 16.5. The molecule has 1 saturated heterocycles. The Hall–Kier alpha value is -1.92. The van der Waals surface area contributed by atoms with Crippen molar-refractivity contribution < 1.29 is 9.59 Å². The van der Waals surface area contributed by atoms with Crippen LogP contribution >= 0.6 is 0 Å². The van der Waals surface area contributed by atoms with Crippen LogP contribution in [0.2, 0.25) is 0 Å². The number of rotatable bonds is 7. The van der Waals surface area contributed by atoms with Crippen molar-refractivity contribution in [2.75, 3.05) is 13.1 Å². The van der Waals surface area contributed by atoms with Gasteiger partial charge in [0.15, 0.2) is 0 Å². The molecular weight excluding hydrogens is 282 g/mol. The average molecular weight is 307 g/mol. The van der Waals surface area contributed by atoms with Gasteiger partial charge in [-0.2, -0.15) is 5.10 Å². The van der Waals surface area contributed by atoms with Crippen molar-refractivity contribution in [3.8, 4) is 0 Å². The zero-order chi connectivity index (χ0) is 15.9. The summed E-state index contributed by atoms with van der Waals surface area (Å²) >= 11 is 0. The van der Waals surface area contributed by atoms with Gasteiger partial charge in [0.1, 0.15) is 12.2 Å². The predicted octanol–water partition coefficient (Wildman–Crippen LogP) is 1.27. The summed E-state index contributed by atoms with van der Waals surface area (Å²) < 4.78 is 1.78. The molecule has 0 aliphatic carbocycles. The molecule has 7 heteroatoms. The van der Waals surface area contributed by atoms with E-state index < -0.39 is 0 Å². The van der Waals surface area contributed by atoms with Gasteiger partial charge in [-0.1, -0.05) is 0 Å². The molecule has 0 saturated carbocycles. The summed E-state index contributed by atoms with van der Waals surface area (Å²) in [6.45, 7) is 6.12. The van der Waals surface area contributed by atoms with Crippen molar-refractivity contribution >= 4 is 11.8 Å². The highest BCUT2D eigenvalue weighted by Gasteiger charge is 2.18. The fourth-order valence-corrected chi connectivity index (χ4v) is 2.76. The molecule has 1 atom stereocenters. The van der Waals surface area contributed by atoms with Crippen molar-refractivity contribution in [1.82, 2.24) is 25.0 Å². The molecule has 1 aliphatic heterocycles. The number of aryl methyl sites for hydroxylation is 1. The van der Waals surface area contributed by atoms with Gasteiger partial charge in [0.25, 0.3) is 0 Å². The number of aromatic nitrogens is 3. The molecule has 2 amide bonds. The van der Waals surface area contributed by atoms with Crippen LogP contribution in [0.25, 0.3) is 0 Å². The highest BCUT2D eigenvalue weighted by Crippen LogP contribution is 2.12. The summed E-state index contributed by atoms with van der Waals surface area (Å²) in [5.41, 5.74) is 0. The number of hydrogen-bond acceptors (Lipinski definition) is 4. The average Bonchev–Trinajstić information content (AvgIpc) is 2.98. The molecule has 1 aromatic heterocycles. The maximum atomic E-state index is 12.0. The van der Waals surface area contributed by atoms with Crippen LogP contribution in [-0.2, 0) is 16.1 Å². The molecule has 1 N–H and O–H groups in total. The molecule has 0 aromatic carbocycles. The molecule has 2 rings (SSSR count). The quantitative estimate of drug-likeness (QED) is 0.822. The summed E-state index contributed by atoms with van der Waals surface area (Å²) in [4.78, 5) is 29.7. The number of carbonyl (C=O) groups is 2. The van der Waals surface area contributed by atoms with Crippen molar-refractivity contribution in [3.63, 3.8) is 0 Å². The van der Waals surface area contributed by atoms with Gasteiger partial charge in [-0.05, 0) is 33.1 Å². The Labute approximate surface area is 131 Å². The van der Waals surface area contributed by atoms with Crippen LogP contribution in [0.5, 0.6) is 0 Å². The Kier molecular flexibility index (Phi) is 5.91. The van der Waals surface area contributed by atoms with E-state index in [2.05, 4.69) is 15.4 Å². The Morgan fingerprint density at radius 1 is 1.45 bits per heavy atom. The van der Waals surface area contributed by atoms with Crippen molar-refractivity contribution in [1.29, 1.82) is 0 Å². The Balaban J connectivity index is 1.72. The zero-order valence-electron chi connectivity index (χ0n) is 13.4. The van der Waals surface area contributed by atoms with Crippen LogP contribution in [0.1, 0.15) is 57.8 Å². The second-order valence-electron chi connectivity index (χ2n) is 5.66. The van der Waals surface area contributed by atoms with Crippen LogP contribution in [0, 0.1) is 0 Å². The summed E-state index contributed by atoms with van der Waals surface area (Å²) in [6, 6.07) is -0.161. The van der Waals surface area contributed by atoms with Crippen LogP contribution < -0.4 is 5.32 Å². The van der Waals surface area contributed by atoms with Gasteiger partial charge in [0, 0.05) is 32.5 Å². The van der Waals surface area contributed by atoms with Crippen molar-refractivity contribution in [2.24, 2.45) is 0 Å². The maximum Gasteiger partial charge on any atom is 0.222 e. The molecule has 0 unspecified atom stereocenters. The first-order chi connectivity index (χ1) is 10.6. The predicted molar refractivity (Wildman–Crippen MR) is 81.9 cm³/mol. The SMILES string of the molecule is CCn1ncnc1[C@@H](C)NC(=O)CCCN1CCCCC1=O. The molecule has 122 valence electrons. The molecule has 2 heterocycles. The number of likely N-dealkylation sites (tertiary alicyclic amines) is 1. The van der Waals surface area contributed by atoms with Gasteiger partial charge in [0.05, 0.1) is 6.04 Å². The Morgan fingerprint density at radius 3 is 3.00 bits per heavy atom. The minimum atomic E-state index is -0.161. The topological polar surface area (TPSA) is 80.1 Å². The van der Waals surface area contributed by atoms with Crippen LogP contribution in [0.4, 0.5) is 0 Å². The Bertz CT molecular complexity index is 514. The molecule has 0 bridgehead atoms.